The monoisotopic (exact) mass is 547 g/mol. The van der Waals surface area contributed by atoms with Crippen LogP contribution in [0.15, 0.2) is 72.9 Å². The number of ether oxygens (including phenoxy) is 3. The van der Waals surface area contributed by atoms with Crippen LogP contribution in [0.3, 0.4) is 0 Å². The molecule has 1 heterocycles. The third-order valence-corrected chi connectivity index (χ3v) is 6.81. The van der Waals surface area contributed by atoms with Crippen LogP contribution in [0.25, 0.3) is 10.9 Å². The number of methoxy groups -OCH3 is 3. The van der Waals surface area contributed by atoms with E-state index in [9.17, 15) is 4.79 Å². The van der Waals surface area contributed by atoms with Crippen LogP contribution in [0.4, 0.5) is 5.69 Å². The third-order valence-electron chi connectivity index (χ3n) is 6.55. The maximum absolute atomic E-state index is 13.7. The lowest BCUT2D eigenvalue weighted by Gasteiger charge is -2.25. The summed E-state index contributed by atoms with van der Waals surface area (Å²) in [6.45, 7) is 3.17. The first-order valence-electron chi connectivity index (χ1n) is 12.9. The molecule has 0 aliphatic rings. The predicted molar refractivity (Wildman–Crippen MR) is 156 cm³/mol. The summed E-state index contributed by atoms with van der Waals surface area (Å²) in [6.07, 6.45) is 3.43. The van der Waals surface area contributed by atoms with Crippen molar-refractivity contribution in [3.8, 4) is 17.2 Å². The van der Waals surface area contributed by atoms with E-state index < -0.39 is 0 Å². The highest BCUT2D eigenvalue weighted by atomic mass is 35.5. The lowest BCUT2D eigenvalue weighted by molar-refractivity contribution is 0.0739. The van der Waals surface area contributed by atoms with Crippen LogP contribution >= 0.6 is 11.6 Å². The van der Waals surface area contributed by atoms with Gasteiger partial charge in [-0.25, -0.2) is 0 Å². The molecule has 4 rings (SSSR count). The van der Waals surface area contributed by atoms with Crippen molar-refractivity contribution in [2.24, 2.45) is 0 Å². The first-order chi connectivity index (χ1) is 18.9. The number of pyridine rings is 1. The van der Waals surface area contributed by atoms with E-state index in [1.54, 1.807) is 45.7 Å². The summed E-state index contributed by atoms with van der Waals surface area (Å²) >= 11 is 6.09. The Morgan fingerprint density at radius 2 is 1.62 bits per heavy atom. The molecule has 0 aliphatic carbocycles. The molecule has 1 N–H and O–H groups in total. The predicted octanol–water partition coefficient (Wildman–Crippen LogP) is 6.84. The van der Waals surface area contributed by atoms with Gasteiger partial charge in [0.25, 0.3) is 5.91 Å². The van der Waals surface area contributed by atoms with E-state index in [0.29, 0.717) is 35.2 Å². The average molecular weight is 548 g/mol. The van der Waals surface area contributed by atoms with Gasteiger partial charge in [0, 0.05) is 53.4 Å². The van der Waals surface area contributed by atoms with Crippen molar-refractivity contribution in [1.82, 2.24) is 9.88 Å². The number of aromatic nitrogens is 1. The number of hydrogen-bond acceptors (Lipinski definition) is 6. The van der Waals surface area contributed by atoms with Gasteiger partial charge in [0.1, 0.15) is 17.2 Å². The molecule has 0 fully saturated rings. The van der Waals surface area contributed by atoms with Crippen molar-refractivity contribution in [3.63, 3.8) is 0 Å². The Bertz CT molecular complexity index is 1390. The van der Waals surface area contributed by atoms with Gasteiger partial charge in [-0.15, -0.1) is 0 Å². The van der Waals surface area contributed by atoms with Crippen LogP contribution in [-0.4, -0.2) is 49.7 Å². The molecule has 8 heteroatoms. The highest BCUT2D eigenvalue weighted by molar-refractivity contribution is 6.30. The number of nitrogens with one attached hydrogen (secondary N) is 1. The molecule has 7 nitrogen and oxygen atoms in total. The molecule has 0 saturated heterocycles. The Hall–Kier alpha value is -3.97. The minimum atomic E-state index is -0.0919. The standard InChI is InChI=1S/C31H34ClN3O4/c1-21(34-29-19-28(39-4)15-23-8-5-13-33-30(23)29)7-6-14-35(20-22-9-11-25(32)12-10-22)31(36)24-16-26(37-2)18-27(17-24)38-3/h5,8-13,15-19,21,34H,6-7,14,20H2,1-4H3. The number of benzene rings is 3. The van der Waals surface area contributed by atoms with Crippen molar-refractivity contribution >= 4 is 34.1 Å². The second-order valence-electron chi connectivity index (χ2n) is 9.39. The van der Waals surface area contributed by atoms with Crippen LogP contribution < -0.4 is 19.5 Å². The van der Waals surface area contributed by atoms with Crippen molar-refractivity contribution in [2.45, 2.75) is 32.4 Å². The SMILES string of the molecule is COc1cc(OC)cc(C(=O)N(CCCC(C)Nc2cc(OC)cc3cccnc23)Cc2ccc(Cl)cc2)c1. The van der Waals surface area contributed by atoms with E-state index in [1.807, 2.05) is 53.4 Å². The number of rotatable bonds is 12. The maximum atomic E-state index is 13.7. The van der Waals surface area contributed by atoms with E-state index >= 15 is 0 Å². The second kappa shape index (κ2) is 13.2. The highest BCUT2D eigenvalue weighted by Crippen LogP contribution is 2.29. The van der Waals surface area contributed by atoms with Gasteiger partial charge in [0.05, 0.1) is 32.5 Å². The van der Waals surface area contributed by atoms with Crippen molar-refractivity contribution < 1.29 is 19.0 Å². The normalized spacial score (nSPS) is 11.6. The number of fused-ring (bicyclic) bond motifs is 1. The summed E-state index contributed by atoms with van der Waals surface area (Å²) in [7, 11) is 4.81. The van der Waals surface area contributed by atoms with Gasteiger partial charge >= 0.3 is 0 Å². The fraction of sp³-hybridized carbons (Fsp3) is 0.290. The van der Waals surface area contributed by atoms with Gasteiger partial charge in [-0.2, -0.15) is 0 Å². The highest BCUT2D eigenvalue weighted by Gasteiger charge is 2.19. The second-order valence-corrected chi connectivity index (χ2v) is 9.83. The molecule has 204 valence electrons. The molecule has 1 aromatic heterocycles. The Morgan fingerprint density at radius 1 is 0.949 bits per heavy atom. The molecule has 3 aromatic carbocycles. The molecule has 39 heavy (non-hydrogen) atoms. The molecular formula is C31H34ClN3O4. The zero-order valence-corrected chi connectivity index (χ0v) is 23.5. The number of anilines is 1. The molecule has 4 aromatic rings. The van der Waals surface area contributed by atoms with Crippen LogP contribution in [-0.2, 0) is 6.54 Å². The molecule has 0 saturated carbocycles. The number of carbonyl (C=O) groups excluding carboxylic acids is 1. The number of hydrogen-bond donors (Lipinski definition) is 1. The van der Waals surface area contributed by atoms with Crippen molar-refractivity contribution in [2.75, 3.05) is 33.2 Å². The molecule has 1 atom stereocenters. The first kappa shape index (κ1) is 28.0. The smallest absolute Gasteiger partial charge is 0.254 e. The lowest BCUT2D eigenvalue weighted by atomic mass is 10.1. The molecule has 0 aliphatic heterocycles. The molecule has 0 radical (unpaired) electrons. The van der Waals surface area contributed by atoms with Crippen molar-refractivity contribution in [1.29, 1.82) is 0 Å². The summed E-state index contributed by atoms with van der Waals surface area (Å²) in [5, 5.41) is 5.26. The van der Waals surface area contributed by atoms with Gasteiger partial charge < -0.3 is 24.4 Å². The van der Waals surface area contributed by atoms with Crippen LogP contribution in [0.5, 0.6) is 17.2 Å². The maximum Gasteiger partial charge on any atom is 0.254 e. The summed E-state index contributed by atoms with van der Waals surface area (Å²) in [4.78, 5) is 20.1. The summed E-state index contributed by atoms with van der Waals surface area (Å²) in [5.41, 5.74) is 3.34. The van der Waals surface area contributed by atoms with Gasteiger partial charge in [0.2, 0.25) is 0 Å². The van der Waals surface area contributed by atoms with Crippen LogP contribution in [0, 0.1) is 0 Å². The topological polar surface area (TPSA) is 72.9 Å². The third kappa shape index (κ3) is 7.33. The number of nitrogens with zero attached hydrogens (tertiary/aromatic N) is 2. The molecule has 1 amide bonds. The lowest BCUT2D eigenvalue weighted by Crippen LogP contribution is -2.32. The molecule has 0 spiro atoms. The van der Waals surface area contributed by atoms with Gasteiger partial charge in [0.15, 0.2) is 0 Å². The fourth-order valence-electron chi connectivity index (χ4n) is 4.49. The average Bonchev–Trinajstić information content (AvgIpc) is 2.96. The number of carbonyl (C=O) groups is 1. The zero-order chi connectivity index (χ0) is 27.8. The Balaban J connectivity index is 1.48. The number of halogens is 1. The molecule has 1 unspecified atom stereocenters. The van der Waals surface area contributed by atoms with Gasteiger partial charge in [-0.3, -0.25) is 9.78 Å². The summed E-state index contributed by atoms with van der Waals surface area (Å²) < 4.78 is 16.3. The van der Waals surface area contributed by atoms with Gasteiger partial charge in [-0.1, -0.05) is 29.8 Å². The zero-order valence-electron chi connectivity index (χ0n) is 22.7. The van der Waals surface area contributed by atoms with Crippen LogP contribution in [0.2, 0.25) is 5.02 Å². The number of amides is 1. The molecule has 0 bridgehead atoms. The summed E-state index contributed by atoms with van der Waals surface area (Å²) in [5.74, 6) is 1.83. The summed E-state index contributed by atoms with van der Waals surface area (Å²) in [6, 6.07) is 20.8. The minimum absolute atomic E-state index is 0.0919. The van der Waals surface area contributed by atoms with Crippen molar-refractivity contribution in [3.05, 3.63) is 89.1 Å². The Kier molecular flexibility index (Phi) is 9.49. The Labute approximate surface area is 234 Å². The van der Waals surface area contributed by atoms with E-state index in [1.165, 1.54) is 0 Å². The van der Waals surface area contributed by atoms with Gasteiger partial charge in [-0.05, 0) is 61.7 Å². The first-order valence-corrected chi connectivity index (χ1v) is 13.2. The van der Waals surface area contributed by atoms with E-state index in [0.717, 1.165) is 40.7 Å². The van der Waals surface area contributed by atoms with E-state index in [-0.39, 0.29) is 11.9 Å². The minimum Gasteiger partial charge on any atom is -0.497 e. The largest absolute Gasteiger partial charge is 0.497 e. The molecular weight excluding hydrogens is 514 g/mol. The van der Waals surface area contributed by atoms with E-state index in [4.69, 9.17) is 25.8 Å². The quantitative estimate of drug-likeness (QED) is 0.209. The van der Waals surface area contributed by atoms with E-state index in [2.05, 4.69) is 17.2 Å². The Morgan fingerprint density at radius 3 is 2.28 bits per heavy atom. The van der Waals surface area contributed by atoms with Crippen LogP contribution in [0.1, 0.15) is 35.7 Å². The fourth-order valence-corrected chi connectivity index (χ4v) is 4.62.